The third-order valence-electron chi connectivity index (χ3n) is 1.22. The fraction of sp³-hybridized carbons (Fsp3) is 0.571. The van der Waals surface area contributed by atoms with Crippen LogP contribution >= 0.6 is 0 Å². The Morgan fingerprint density at radius 2 is 0.769 bits per heavy atom. The van der Waals surface area contributed by atoms with Crippen LogP contribution in [-0.2, 0) is 20.8 Å². The third-order valence-corrected chi connectivity index (χ3v) is 2.01. The molecule has 26 heavy (non-hydrogen) atoms. The van der Waals surface area contributed by atoms with Crippen LogP contribution < -0.4 is 8.37 Å². The van der Waals surface area contributed by atoms with Gasteiger partial charge in [0.2, 0.25) is 0 Å². The van der Waals surface area contributed by atoms with E-state index in [4.69, 9.17) is 0 Å². The summed E-state index contributed by atoms with van der Waals surface area (Å²) in [6.07, 6.45) is 0. The minimum Gasteiger partial charge on any atom is -0.716 e. The van der Waals surface area contributed by atoms with Crippen LogP contribution in [-0.4, -0.2) is 91.3 Å². The van der Waals surface area contributed by atoms with Crippen LogP contribution in [0.1, 0.15) is 0 Å². The minimum absolute atomic E-state index is 0.328. The largest absolute Gasteiger partial charge is 0.716 e. The number of hydrogen-bond donors (Lipinski definition) is 0. The van der Waals surface area contributed by atoms with Crippen molar-refractivity contribution >= 4 is 20.8 Å². The zero-order chi connectivity index (χ0) is 21.4. The van der Waals surface area contributed by atoms with Gasteiger partial charge in [-0.3, -0.25) is 0 Å². The molecule has 10 nitrogen and oxygen atoms in total. The Hall–Kier alpha value is -1.44. The molecular weight excluding hydrogens is 388 g/mol. The second-order valence-electron chi connectivity index (χ2n) is 7.82. The fourth-order valence-corrected chi connectivity index (χ4v) is 1.48. The van der Waals surface area contributed by atoms with Gasteiger partial charge >= 0.3 is 0 Å². The molecule has 0 atom stereocenters. The SMILES string of the molecule is C[N+](C)(C)C.C[N+](C)(C)C.O=S(=O)([O-])Oc1ccc(OS(=O)(=O)[O-])cc1. The topological polar surface area (TPSA) is 133 Å². The molecule has 0 spiro atoms. The molecule has 0 aliphatic rings. The van der Waals surface area contributed by atoms with Crippen LogP contribution in [0.15, 0.2) is 24.3 Å². The summed E-state index contributed by atoms with van der Waals surface area (Å²) in [4.78, 5) is 0. The Morgan fingerprint density at radius 1 is 0.615 bits per heavy atom. The van der Waals surface area contributed by atoms with E-state index in [0.29, 0.717) is 0 Å². The molecule has 0 aliphatic heterocycles. The number of hydrogen-bond acceptors (Lipinski definition) is 8. The molecule has 0 aromatic heterocycles. The first-order chi connectivity index (χ1) is 11.2. The van der Waals surface area contributed by atoms with E-state index in [9.17, 15) is 25.9 Å². The average molecular weight is 417 g/mol. The highest BCUT2D eigenvalue weighted by atomic mass is 32.3. The summed E-state index contributed by atoms with van der Waals surface area (Å²) in [6.45, 7) is 0. The van der Waals surface area contributed by atoms with Crippen molar-refractivity contribution in [1.29, 1.82) is 0 Å². The van der Waals surface area contributed by atoms with Gasteiger partial charge in [-0.2, -0.15) is 0 Å². The van der Waals surface area contributed by atoms with E-state index in [0.717, 1.165) is 33.2 Å². The molecule has 1 aromatic rings. The van der Waals surface area contributed by atoms with Gasteiger partial charge < -0.3 is 26.4 Å². The lowest BCUT2D eigenvalue weighted by atomic mass is 10.3. The Balaban J connectivity index is 0. The fourth-order valence-electron chi connectivity index (χ4n) is 0.786. The summed E-state index contributed by atoms with van der Waals surface area (Å²) in [7, 11) is 7.21. The predicted octanol–water partition coefficient (Wildman–Crippen LogP) is 0.00940. The Bertz CT molecular complexity index is 654. The highest BCUT2D eigenvalue weighted by Gasteiger charge is 2.02. The smallest absolute Gasteiger partial charge is 0.262 e. The molecule has 154 valence electrons. The monoisotopic (exact) mass is 416 g/mol. The Morgan fingerprint density at radius 3 is 0.885 bits per heavy atom. The normalized spacial score (nSPS) is 12.1. The van der Waals surface area contributed by atoms with Crippen molar-refractivity contribution in [1.82, 2.24) is 0 Å². The first-order valence-corrected chi connectivity index (χ1v) is 9.81. The van der Waals surface area contributed by atoms with Crippen molar-refractivity contribution in [2.24, 2.45) is 0 Å². The molecule has 0 bridgehead atoms. The number of quaternary nitrogens is 2. The Kier molecular flexibility index (Phi) is 10.3. The molecule has 0 N–H and O–H groups in total. The summed E-state index contributed by atoms with van der Waals surface area (Å²) < 4.78 is 70.8. The maximum Gasteiger partial charge on any atom is 0.262 e. The maximum atomic E-state index is 10.2. The molecule has 0 amide bonds. The van der Waals surface area contributed by atoms with Crippen LogP contribution in [0.25, 0.3) is 0 Å². The van der Waals surface area contributed by atoms with E-state index in [-0.39, 0.29) is 11.5 Å². The van der Waals surface area contributed by atoms with Crippen molar-refractivity contribution in [3.8, 4) is 11.5 Å². The van der Waals surface area contributed by atoms with Crippen molar-refractivity contribution < 1.29 is 43.3 Å². The zero-order valence-corrected chi connectivity index (χ0v) is 17.9. The standard InChI is InChI=1S/C6H6O8S2.2C4H12N/c7-15(8,9)13-5-1-2-6(4-3-5)14-16(10,11)12;2*1-5(2,3)4/h1-4H,(H,7,8,9)(H,10,11,12);2*1-4H3/q;2*+1/p-2. The van der Waals surface area contributed by atoms with Crippen molar-refractivity contribution in [2.45, 2.75) is 0 Å². The lowest BCUT2D eigenvalue weighted by molar-refractivity contribution is -0.849. The lowest BCUT2D eigenvalue weighted by Crippen LogP contribution is -2.27. The first-order valence-electron chi connectivity index (χ1n) is 7.14. The molecule has 0 saturated carbocycles. The van der Waals surface area contributed by atoms with Gasteiger partial charge in [0.25, 0.3) is 20.8 Å². The maximum absolute atomic E-state index is 10.2. The van der Waals surface area contributed by atoms with Crippen molar-refractivity contribution in [3.05, 3.63) is 24.3 Å². The summed E-state index contributed by atoms with van der Waals surface area (Å²) in [5.74, 6) is -0.656. The van der Waals surface area contributed by atoms with Crippen LogP contribution in [0.2, 0.25) is 0 Å². The van der Waals surface area contributed by atoms with Crippen LogP contribution in [0.3, 0.4) is 0 Å². The van der Waals surface area contributed by atoms with Crippen LogP contribution in [0, 0.1) is 0 Å². The van der Waals surface area contributed by atoms with Gasteiger partial charge in [0.1, 0.15) is 11.5 Å². The molecule has 0 fully saturated rings. The molecule has 12 heteroatoms. The lowest BCUT2D eigenvalue weighted by Gasteiger charge is -2.14. The highest BCUT2D eigenvalue weighted by molar-refractivity contribution is 7.81. The Labute approximate surface area is 156 Å². The second kappa shape index (κ2) is 10.0. The quantitative estimate of drug-likeness (QED) is 0.381. The molecule has 0 saturated heterocycles. The van der Waals surface area contributed by atoms with E-state index in [1.54, 1.807) is 0 Å². The van der Waals surface area contributed by atoms with Crippen molar-refractivity contribution in [3.63, 3.8) is 0 Å². The summed E-state index contributed by atoms with van der Waals surface area (Å²) in [5, 5.41) is 0. The minimum atomic E-state index is -4.90. The highest BCUT2D eigenvalue weighted by Crippen LogP contribution is 2.19. The molecule has 0 aliphatic carbocycles. The molecular formula is C14H28N2O8S2. The second-order valence-corrected chi connectivity index (χ2v) is 9.79. The molecule has 1 aromatic carbocycles. The number of nitrogens with zero attached hydrogens (tertiary/aromatic N) is 2. The van der Waals surface area contributed by atoms with E-state index >= 15 is 0 Å². The van der Waals surface area contributed by atoms with E-state index in [1.165, 1.54) is 0 Å². The van der Waals surface area contributed by atoms with Gasteiger partial charge in [-0.1, -0.05) is 0 Å². The van der Waals surface area contributed by atoms with Gasteiger partial charge in [0.05, 0.1) is 56.4 Å². The summed E-state index contributed by atoms with van der Waals surface area (Å²) in [5.41, 5.74) is 0. The first kappa shape index (κ1) is 26.8. The molecule has 0 radical (unpaired) electrons. The van der Waals surface area contributed by atoms with Gasteiger partial charge in [-0.25, -0.2) is 16.8 Å². The summed E-state index contributed by atoms with van der Waals surface area (Å²) in [6, 6.07) is 3.82. The van der Waals surface area contributed by atoms with E-state index < -0.39 is 20.8 Å². The van der Waals surface area contributed by atoms with Gasteiger partial charge in [0.15, 0.2) is 0 Å². The number of benzene rings is 1. The van der Waals surface area contributed by atoms with Gasteiger partial charge in [-0.15, -0.1) is 0 Å². The summed E-state index contributed by atoms with van der Waals surface area (Å²) >= 11 is 0. The predicted molar refractivity (Wildman–Crippen MR) is 95.0 cm³/mol. The van der Waals surface area contributed by atoms with E-state index in [2.05, 4.69) is 64.7 Å². The number of rotatable bonds is 4. The van der Waals surface area contributed by atoms with Gasteiger partial charge in [0, 0.05) is 0 Å². The average Bonchev–Trinajstić information content (AvgIpc) is 2.23. The zero-order valence-electron chi connectivity index (χ0n) is 16.3. The molecule has 1 rings (SSSR count). The van der Waals surface area contributed by atoms with Crippen LogP contribution in [0.4, 0.5) is 0 Å². The molecule has 0 heterocycles. The third kappa shape index (κ3) is 30.4. The van der Waals surface area contributed by atoms with E-state index in [1.807, 2.05) is 0 Å². The van der Waals surface area contributed by atoms with Crippen LogP contribution in [0.5, 0.6) is 11.5 Å². The van der Waals surface area contributed by atoms with Gasteiger partial charge in [-0.05, 0) is 24.3 Å². The molecule has 0 unspecified atom stereocenters. The van der Waals surface area contributed by atoms with Crippen molar-refractivity contribution in [2.75, 3.05) is 56.4 Å².